The Labute approximate surface area is 204 Å². The number of fused-ring (bicyclic) bond motifs is 1. The van der Waals surface area contributed by atoms with Crippen LogP contribution in [0.3, 0.4) is 0 Å². The lowest BCUT2D eigenvalue weighted by Crippen LogP contribution is -2.23. The molecule has 1 amide bonds. The second kappa shape index (κ2) is 10.1. The van der Waals surface area contributed by atoms with E-state index >= 15 is 0 Å². The number of amides is 1. The van der Waals surface area contributed by atoms with Crippen LogP contribution in [-0.2, 0) is 4.79 Å². The van der Waals surface area contributed by atoms with Gasteiger partial charge in [0, 0.05) is 5.02 Å². The molecule has 0 saturated carbocycles. The second-order valence-electron chi connectivity index (χ2n) is 7.05. The molecule has 0 radical (unpaired) electrons. The van der Waals surface area contributed by atoms with Crippen LogP contribution >= 0.6 is 23.4 Å². The van der Waals surface area contributed by atoms with Gasteiger partial charge < -0.3 is 9.47 Å². The summed E-state index contributed by atoms with van der Waals surface area (Å²) in [5.41, 5.74) is 1.61. The first-order valence-corrected chi connectivity index (χ1v) is 11.4. The van der Waals surface area contributed by atoms with Crippen molar-refractivity contribution >= 4 is 46.1 Å². The van der Waals surface area contributed by atoms with Crippen LogP contribution in [-0.4, -0.2) is 45.4 Å². The fourth-order valence-electron chi connectivity index (χ4n) is 3.22. The zero-order valence-electron chi connectivity index (χ0n) is 18.5. The first-order valence-electron chi connectivity index (χ1n) is 10.1. The summed E-state index contributed by atoms with van der Waals surface area (Å²) >= 11 is 7.42. The molecule has 2 aromatic carbocycles. The summed E-state index contributed by atoms with van der Waals surface area (Å²) in [7, 11) is 2.90. The van der Waals surface area contributed by atoms with E-state index in [1.165, 1.54) is 24.9 Å². The maximum atomic E-state index is 13.4. The highest BCUT2D eigenvalue weighted by Crippen LogP contribution is 2.27. The van der Waals surface area contributed by atoms with Crippen molar-refractivity contribution in [2.24, 2.45) is 0 Å². The molecule has 0 aliphatic carbocycles. The lowest BCUT2D eigenvalue weighted by atomic mass is 10.2. The molecule has 174 valence electrons. The molecule has 11 heteroatoms. The van der Waals surface area contributed by atoms with Gasteiger partial charge in [0.1, 0.15) is 0 Å². The van der Waals surface area contributed by atoms with Crippen molar-refractivity contribution in [2.75, 3.05) is 25.3 Å². The topological polar surface area (TPSA) is 108 Å². The largest absolute Gasteiger partial charge is 0.481 e. The predicted octanol–water partition coefficient (Wildman–Crippen LogP) is 3.89. The number of hydrogen-bond acceptors (Lipinski definition) is 8. The van der Waals surface area contributed by atoms with Gasteiger partial charge in [-0.1, -0.05) is 41.6 Å². The predicted molar refractivity (Wildman–Crippen MR) is 132 cm³/mol. The minimum Gasteiger partial charge on any atom is -0.481 e. The fourth-order valence-corrected chi connectivity index (χ4v) is 4.19. The van der Waals surface area contributed by atoms with Crippen LogP contribution in [0.15, 0.2) is 58.5 Å². The van der Waals surface area contributed by atoms with Crippen LogP contribution in [0.5, 0.6) is 11.8 Å². The Morgan fingerprint density at radius 2 is 1.76 bits per heavy atom. The number of anilines is 1. The van der Waals surface area contributed by atoms with Crippen LogP contribution < -0.4 is 20.3 Å². The molecule has 0 unspecified atom stereocenters. The normalized spacial score (nSPS) is 10.8. The van der Waals surface area contributed by atoms with Gasteiger partial charge in [-0.3, -0.25) is 19.5 Å². The van der Waals surface area contributed by atoms with Crippen LogP contribution in [0.25, 0.3) is 16.6 Å². The molecule has 0 saturated heterocycles. The highest BCUT2D eigenvalue weighted by Gasteiger charge is 2.17. The van der Waals surface area contributed by atoms with E-state index in [1.807, 2.05) is 6.92 Å². The molecule has 0 fully saturated rings. The van der Waals surface area contributed by atoms with E-state index in [0.29, 0.717) is 26.8 Å². The van der Waals surface area contributed by atoms with Gasteiger partial charge in [-0.2, -0.15) is 9.97 Å². The third kappa shape index (κ3) is 4.82. The van der Waals surface area contributed by atoms with Crippen LogP contribution in [0.1, 0.15) is 5.56 Å². The van der Waals surface area contributed by atoms with E-state index in [-0.39, 0.29) is 29.0 Å². The molecule has 0 aliphatic heterocycles. The molecule has 2 heterocycles. The van der Waals surface area contributed by atoms with Gasteiger partial charge in [-0.15, -0.1) is 0 Å². The standard InChI is InChI=1S/C23H20ClN5O4S/c1-13-15(24)8-6-10-17(13)29-21(31)14-7-4-5-9-16(14)25-23(29)34-12-18(30)26-22-27-19(32-2)11-20(28-22)33-3/h4-11H,12H2,1-3H3,(H,26,27,28,30). The maximum absolute atomic E-state index is 13.4. The number of benzene rings is 2. The number of rotatable bonds is 7. The Balaban J connectivity index is 1.67. The van der Waals surface area contributed by atoms with Crippen molar-refractivity contribution in [2.45, 2.75) is 12.1 Å². The Kier molecular flexibility index (Phi) is 6.99. The van der Waals surface area contributed by atoms with Crippen molar-refractivity contribution in [3.63, 3.8) is 0 Å². The van der Waals surface area contributed by atoms with E-state index in [9.17, 15) is 9.59 Å². The summed E-state index contributed by atoms with van der Waals surface area (Å²) in [6, 6.07) is 13.9. The summed E-state index contributed by atoms with van der Waals surface area (Å²) in [5.74, 6) is 0.0914. The number of nitrogens with one attached hydrogen (secondary N) is 1. The Morgan fingerprint density at radius 3 is 2.47 bits per heavy atom. The molecule has 9 nitrogen and oxygen atoms in total. The zero-order valence-corrected chi connectivity index (χ0v) is 20.1. The number of halogens is 1. The Morgan fingerprint density at radius 1 is 1.06 bits per heavy atom. The van der Waals surface area contributed by atoms with Crippen LogP contribution in [0, 0.1) is 6.92 Å². The lowest BCUT2D eigenvalue weighted by Gasteiger charge is -2.15. The molecule has 4 aromatic rings. The summed E-state index contributed by atoms with van der Waals surface area (Å²) in [5, 5.41) is 3.96. The molecule has 34 heavy (non-hydrogen) atoms. The molecule has 0 aliphatic rings. The van der Waals surface area contributed by atoms with Gasteiger partial charge >= 0.3 is 0 Å². The van der Waals surface area contributed by atoms with Gasteiger partial charge in [0.2, 0.25) is 23.6 Å². The highest BCUT2D eigenvalue weighted by molar-refractivity contribution is 7.99. The number of thioether (sulfide) groups is 1. The number of carbonyl (C=O) groups is 1. The van der Waals surface area contributed by atoms with Gasteiger partial charge in [-0.25, -0.2) is 4.98 Å². The number of aromatic nitrogens is 4. The molecule has 4 rings (SSSR count). The third-order valence-electron chi connectivity index (χ3n) is 4.91. The first-order chi connectivity index (χ1) is 16.4. The molecule has 0 atom stereocenters. The fraction of sp³-hybridized carbons (Fsp3) is 0.174. The van der Waals surface area contributed by atoms with Gasteiger partial charge in [-0.05, 0) is 36.8 Å². The molecule has 0 bridgehead atoms. The van der Waals surface area contributed by atoms with Gasteiger partial charge in [0.15, 0.2) is 5.16 Å². The Hall–Kier alpha value is -3.63. The quantitative estimate of drug-likeness (QED) is 0.302. The lowest BCUT2D eigenvalue weighted by molar-refractivity contribution is -0.113. The van der Waals surface area contributed by atoms with Crippen molar-refractivity contribution in [1.29, 1.82) is 0 Å². The first kappa shape index (κ1) is 23.5. The number of nitrogens with zero attached hydrogens (tertiary/aromatic N) is 4. The number of para-hydroxylation sites is 1. The average Bonchev–Trinajstić information content (AvgIpc) is 2.84. The van der Waals surface area contributed by atoms with Crippen molar-refractivity contribution in [3.05, 3.63) is 69.5 Å². The minimum atomic E-state index is -0.392. The summed E-state index contributed by atoms with van der Waals surface area (Å²) in [6.07, 6.45) is 0. The van der Waals surface area contributed by atoms with Crippen molar-refractivity contribution in [1.82, 2.24) is 19.5 Å². The molecule has 2 aromatic heterocycles. The summed E-state index contributed by atoms with van der Waals surface area (Å²) < 4.78 is 11.7. The van der Waals surface area contributed by atoms with Crippen LogP contribution in [0.4, 0.5) is 5.95 Å². The van der Waals surface area contributed by atoms with E-state index in [2.05, 4.69) is 20.3 Å². The second-order valence-corrected chi connectivity index (χ2v) is 8.40. The smallest absolute Gasteiger partial charge is 0.266 e. The van der Waals surface area contributed by atoms with Gasteiger partial charge in [0.25, 0.3) is 5.56 Å². The number of methoxy groups -OCH3 is 2. The average molecular weight is 498 g/mol. The van der Waals surface area contributed by atoms with Gasteiger partial charge in [0.05, 0.1) is 42.6 Å². The molecular weight excluding hydrogens is 478 g/mol. The number of hydrogen-bond donors (Lipinski definition) is 1. The molecule has 1 N–H and O–H groups in total. The SMILES string of the molecule is COc1cc(OC)nc(NC(=O)CSc2nc3ccccc3c(=O)n2-c2cccc(Cl)c2C)n1. The maximum Gasteiger partial charge on any atom is 0.266 e. The van der Waals surface area contributed by atoms with E-state index in [0.717, 1.165) is 17.3 Å². The highest BCUT2D eigenvalue weighted by atomic mass is 35.5. The zero-order chi connectivity index (χ0) is 24.2. The minimum absolute atomic E-state index is 0.0383. The van der Waals surface area contributed by atoms with Crippen molar-refractivity contribution in [3.8, 4) is 17.4 Å². The molecular formula is C23H20ClN5O4S. The van der Waals surface area contributed by atoms with E-state index in [4.69, 9.17) is 21.1 Å². The number of ether oxygens (including phenoxy) is 2. The third-order valence-corrected chi connectivity index (χ3v) is 6.25. The monoisotopic (exact) mass is 497 g/mol. The molecule has 0 spiro atoms. The number of carbonyl (C=O) groups excluding carboxylic acids is 1. The summed E-state index contributed by atoms with van der Waals surface area (Å²) in [4.78, 5) is 38.9. The van der Waals surface area contributed by atoms with E-state index < -0.39 is 5.91 Å². The summed E-state index contributed by atoms with van der Waals surface area (Å²) in [6.45, 7) is 1.83. The van der Waals surface area contributed by atoms with Crippen molar-refractivity contribution < 1.29 is 14.3 Å². The van der Waals surface area contributed by atoms with Crippen LogP contribution in [0.2, 0.25) is 5.02 Å². The Bertz CT molecular complexity index is 1420. The van der Waals surface area contributed by atoms with E-state index in [1.54, 1.807) is 42.5 Å².